The summed E-state index contributed by atoms with van der Waals surface area (Å²) in [6.45, 7) is 5.29. The van der Waals surface area contributed by atoms with Crippen LogP contribution < -0.4 is 5.32 Å². The topological polar surface area (TPSA) is 75.2 Å². The van der Waals surface area contributed by atoms with Gasteiger partial charge in [0.2, 0.25) is 11.8 Å². The number of thiazole rings is 1. The second kappa shape index (κ2) is 7.91. The van der Waals surface area contributed by atoms with Gasteiger partial charge in [-0.25, -0.2) is 9.97 Å². The van der Waals surface area contributed by atoms with Crippen LogP contribution in [0.25, 0.3) is 12.2 Å². The molecular weight excluding hydrogens is 384 g/mol. The first kappa shape index (κ1) is 19.5. The van der Waals surface area contributed by atoms with E-state index >= 15 is 0 Å². The van der Waals surface area contributed by atoms with Gasteiger partial charge in [-0.05, 0) is 48.6 Å². The molecule has 0 atom stereocenters. The van der Waals surface area contributed by atoms with Crippen molar-refractivity contribution >= 4 is 41.1 Å². The zero-order chi connectivity index (χ0) is 20.4. The summed E-state index contributed by atoms with van der Waals surface area (Å²) in [5, 5.41) is 4.89. The summed E-state index contributed by atoms with van der Waals surface area (Å²) in [6.07, 6.45) is 9.64. The van der Waals surface area contributed by atoms with Crippen LogP contribution in [0.4, 0.5) is 5.82 Å². The monoisotopic (exact) mass is 408 g/mol. The number of amides is 2. The normalized spacial score (nSPS) is 18.5. The Morgan fingerprint density at radius 2 is 2.07 bits per heavy atom. The maximum Gasteiger partial charge on any atom is 0.246 e. The number of anilines is 1. The van der Waals surface area contributed by atoms with Crippen molar-refractivity contribution in [3.8, 4) is 0 Å². The molecule has 7 heteroatoms. The van der Waals surface area contributed by atoms with Crippen molar-refractivity contribution in [3.05, 3.63) is 51.6 Å². The fourth-order valence-corrected chi connectivity index (χ4v) is 4.15. The van der Waals surface area contributed by atoms with Gasteiger partial charge in [0.05, 0.1) is 11.2 Å². The number of nitrogens with one attached hydrogen (secondary N) is 1. The molecule has 2 aliphatic heterocycles. The molecule has 150 valence electrons. The van der Waals surface area contributed by atoms with E-state index in [1.54, 1.807) is 29.7 Å². The second-order valence-electron chi connectivity index (χ2n) is 8.17. The number of aromatic nitrogens is 2. The molecule has 1 saturated heterocycles. The van der Waals surface area contributed by atoms with Gasteiger partial charge in [0, 0.05) is 36.2 Å². The molecule has 4 heterocycles. The minimum atomic E-state index is -0.454. The van der Waals surface area contributed by atoms with Gasteiger partial charge in [-0.2, -0.15) is 0 Å². The lowest BCUT2D eigenvalue weighted by Crippen LogP contribution is -2.37. The molecule has 1 N–H and O–H groups in total. The molecule has 6 nitrogen and oxygen atoms in total. The Balaban J connectivity index is 1.37. The smallest absolute Gasteiger partial charge is 0.246 e. The van der Waals surface area contributed by atoms with Crippen LogP contribution in [0, 0.1) is 5.41 Å². The van der Waals surface area contributed by atoms with Crippen LogP contribution in [0.3, 0.4) is 0 Å². The average Bonchev–Trinajstić information content (AvgIpc) is 3.20. The lowest BCUT2D eigenvalue weighted by atomic mass is 9.82. The van der Waals surface area contributed by atoms with Crippen LogP contribution in [0.5, 0.6) is 0 Å². The van der Waals surface area contributed by atoms with E-state index in [0.717, 1.165) is 42.8 Å². The summed E-state index contributed by atoms with van der Waals surface area (Å²) in [7, 11) is 0. The van der Waals surface area contributed by atoms with Crippen molar-refractivity contribution in [1.82, 2.24) is 14.9 Å². The minimum absolute atomic E-state index is 0.00994. The van der Waals surface area contributed by atoms with Gasteiger partial charge in [-0.1, -0.05) is 19.4 Å². The first-order valence-corrected chi connectivity index (χ1v) is 10.7. The molecule has 29 heavy (non-hydrogen) atoms. The van der Waals surface area contributed by atoms with Gasteiger partial charge >= 0.3 is 0 Å². The molecule has 0 spiro atoms. The van der Waals surface area contributed by atoms with Crippen molar-refractivity contribution in [2.45, 2.75) is 33.1 Å². The number of piperidine rings is 1. The number of carbonyl (C=O) groups excluding carboxylic acids is 2. The molecular formula is C22H24N4O2S. The maximum atomic E-state index is 12.6. The average molecular weight is 409 g/mol. The number of nitrogens with zero attached hydrogens (tertiary/aromatic N) is 3. The van der Waals surface area contributed by atoms with Crippen molar-refractivity contribution in [3.63, 3.8) is 0 Å². The van der Waals surface area contributed by atoms with E-state index in [0.29, 0.717) is 12.2 Å². The fraction of sp³-hybridized carbons (Fsp3) is 0.364. The van der Waals surface area contributed by atoms with E-state index in [9.17, 15) is 9.59 Å². The van der Waals surface area contributed by atoms with E-state index in [1.807, 2.05) is 35.7 Å². The zero-order valence-corrected chi connectivity index (χ0v) is 17.5. The Morgan fingerprint density at radius 3 is 2.79 bits per heavy atom. The molecule has 0 radical (unpaired) electrons. The first-order chi connectivity index (χ1) is 13.9. The fourth-order valence-electron chi connectivity index (χ4n) is 3.63. The van der Waals surface area contributed by atoms with Crippen molar-refractivity contribution in [2.75, 3.05) is 18.4 Å². The third-order valence-corrected chi connectivity index (χ3v) is 6.01. The van der Waals surface area contributed by atoms with Crippen LogP contribution in [0.1, 0.15) is 43.5 Å². The van der Waals surface area contributed by atoms with E-state index in [1.165, 1.54) is 5.57 Å². The van der Waals surface area contributed by atoms with Gasteiger partial charge in [0.25, 0.3) is 0 Å². The van der Waals surface area contributed by atoms with Crippen LogP contribution in [0.15, 0.2) is 34.8 Å². The number of rotatable bonds is 3. The highest BCUT2D eigenvalue weighted by Gasteiger charge is 2.34. The van der Waals surface area contributed by atoms with Crippen molar-refractivity contribution in [2.24, 2.45) is 5.41 Å². The van der Waals surface area contributed by atoms with Crippen molar-refractivity contribution in [1.29, 1.82) is 0 Å². The lowest BCUT2D eigenvalue weighted by molar-refractivity contribution is -0.126. The van der Waals surface area contributed by atoms with E-state index in [-0.39, 0.29) is 11.8 Å². The number of fused-ring (bicyclic) bond motifs is 1. The number of hydrogen-bond donors (Lipinski definition) is 1. The zero-order valence-electron chi connectivity index (χ0n) is 16.6. The predicted octanol–water partition coefficient (Wildman–Crippen LogP) is 3.78. The summed E-state index contributed by atoms with van der Waals surface area (Å²) in [5.41, 5.74) is 5.59. The molecule has 0 aliphatic carbocycles. The molecule has 0 aromatic carbocycles. The number of pyridine rings is 1. The largest absolute Gasteiger partial charge is 0.339 e. The number of hydrogen-bond acceptors (Lipinski definition) is 5. The van der Waals surface area contributed by atoms with Crippen LogP contribution in [-0.4, -0.2) is 39.8 Å². The standard InChI is InChI=1S/C22H24N4O2S/c1-22(2)11-17-9-16(12-23-20(17)25-21(22)28)3-4-19(27)26-7-5-15(6-8-26)10-18-13-29-14-24-18/h3-4,9-10,12-14H,5-8,11H2,1-2H3,(H,23,25,28). The van der Waals surface area contributed by atoms with Crippen LogP contribution >= 0.6 is 11.3 Å². The van der Waals surface area contributed by atoms with Gasteiger partial charge in [-0.3, -0.25) is 9.59 Å². The van der Waals surface area contributed by atoms with E-state index in [4.69, 9.17) is 0 Å². The summed E-state index contributed by atoms with van der Waals surface area (Å²) in [4.78, 5) is 35.1. The maximum absolute atomic E-state index is 12.6. The summed E-state index contributed by atoms with van der Waals surface area (Å²) in [6, 6.07) is 2.00. The van der Waals surface area contributed by atoms with Gasteiger partial charge in [0.1, 0.15) is 5.82 Å². The Labute approximate surface area is 174 Å². The Morgan fingerprint density at radius 1 is 1.28 bits per heavy atom. The summed E-state index contributed by atoms with van der Waals surface area (Å²) < 4.78 is 0. The Bertz CT molecular complexity index is 982. The summed E-state index contributed by atoms with van der Waals surface area (Å²) >= 11 is 1.59. The van der Waals surface area contributed by atoms with Gasteiger partial charge < -0.3 is 10.2 Å². The van der Waals surface area contributed by atoms with Crippen molar-refractivity contribution < 1.29 is 9.59 Å². The number of likely N-dealkylation sites (tertiary alicyclic amines) is 1. The second-order valence-corrected chi connectivity index (χ2v) is 8.88. The molecule has 2 aliphatic rings. The molecule has 0 bridgehead atoms. The summed E-state index contributed by atoms with van der Waals surface area (Å²) in [5.74, 6) is 0.626. The Hall–Kier alpha value is -2.80. The first-order valence-electron chi connectivity index (χ1n) is 9.76. The predicted molar refractivity (Wildman–Crippen MR) is 115 cm³/mol. The van der Waals surface area contributed by atoms with Gasteiger partial charge in [-0.15, -0.1) is 11.3 Å². The third kappa shape index (κ3) is 4.45. The Kier molecular flexibility index (Phi) is 5.32. The third-order valence-electron chi connectivity index (χ3n) is 5.41. The molecule has 0 unspecified atom stereocenters. The molecule has 4 rings (SSSR count). The molecule has 1 fully saturated rings. The molecule has 0 saturated carbocycles. The lowest BCUT2D eigenvalue weighted by Gasteiger charge is -2.29. The van der Waals surface area contributed by atoms with Crippen LogP contribution in [0.2, 0.25) is 0 Å². The molecule has 2 aromatic rings. The van der Waals surface area contributed by atoms with E-state index < -0.39 is 5.41 Å². The SMILES string of the molecule is CC1(C)Cc2cc(C=CC(=O)N3CCC(=Cc4cscn4)CC3)cnc2NC1=O. The quantitative estimate of drug-likeness (QED) is 0.785. The highest BCUT2D eigenvalue weighted by Crippen LogP contribution is 2.32. The highest BCUT2D eigenvalue weighted by atomic mass is 32.1. The highest BCUT2D eigenvalue weighted by molar-refractivity contribution is 7.07. The van der Waals surface area contributed by atoms with Crippen LogP contribution in [-0.2, 0) is 16.0 Å². The molecule has 2 aromatic heterocycles. The minimum Gasteiger partial charge on any atom is -0.339 e. The van der Waals surface area contributed by atoms with E-state index in [2.05, 4.69) is 21.4 Å². The number of carbonyl (C=O) groups is 2. The van der Waals surface area contributed by atoms with Gasteiger partial charge in [0.15, 0.2) is 0 Å². The molecule has 2 amide bonds.